The van der Waals surface area contributed by atoms with Crippen molar-refractivity contribution >= 4 is 23.9 Å². The van der Waals surface area contributed by atoms with E-state index in [0.29, 0.717) is 18.1 Å². The highest BCUT2D eigenvalue weighted by molar-refractivity contribution is 5.65. The summed E-state index contributed by atoms with van der Waals surface area (Å²) in [6.45, 7) is 4.59. The Kier molecular flexibility index (Phi) is 8.33. The summed E-state index contributed by atoms with van der Waals surface area (Å²) in [6.07, 6.45) is -4.50. The minimum Gasteiger partial charge on any atom is -0.428 e. The average Bonchev–Trinajstić information content (AvgIpc) is 2.89. The number of piperazine rings is 1. The zero-order valence-electron chi connectivity index (χ0n) is 19.7. The molecule has 3 heterocycles. The van der Waals surface area contributed by atoms with Gasteiger partial charge in [-0.2, -0.15) is 17.6 Å². The van der Waals surface area contributed by atoms with Crippen LogP contribution in [0.1, 0.15) is 0 Å². The summed E-state index contributed by atoms with van der Waals surface area (Å²) >= 11 is 0. The Hall–Kier alpha value is -4.00. The lowest BCUT2D eigenvalue weighted by atomic mass is 10.2. The van der Waals surface area contributed by atoms with Crippen molar-refractivity contribution in [1.29, 1.82) is 0 Å². The number of pyridine rings is 1. The minimum absolute atomic E-state index is 0.177. The Labute approximate surface area is 210 Å². The highest BCUT2D eigenvalue weighted by Crippen LogP contribution is 2.29. The van der Waals surface area contributed by atoms with Gasteiger partial charge in [0, 0.05) is 69.0 Å². The molecule has 13 heteroatoms. The van der Waals surface area contributed by atoms with Crippen LogP contribution in [0.5, 0.6) is 5.75 Å². The topological polar surface area (TPSA) is 95.5 Å². The number of rotatable bonds is 11. The van der Waals surface area contributed by atoms with Crippen molar-refractivity contribution in [3.8, 4) is 17.0 Å². The second-order valence-electron chi connectivity index (χ2n) is 8.22. The number of nitrogens with zero attached hydrogens (tertiary/aromatic N) is 5. The van der Waals surface area contributed by atoms with E-state index < -0.39 is 18.3 Å². The van der Waals surface area contributed by atoms with Crippen LogP contribution in [-0.2, 0) is 4.79 Å². The molecule has 0 aliphatic carbocycles. The fourth-order valence-electron chi connectivity index (χ4n) is 3.67. The largest absolute Gasteiger partial charge is 0.461 e. The van der Waals surface area contributed by atoms with Gasteiger partial charge in [0.05, 0.1) is 5.69 Å². The molecule has 0 bridgehead atoms. The number of nitrogens with one attached hydrogen (secondary N) is 2. The van der Waals surface area contributed by atoms with Gasteiger partial charge in [-0.05, 0) is 30.3 Å². The van der Waals surface area contributed by atoms with Crippen molar-refractivity contribution in [2.75, 3.05) is 49.9 Å². The Balaban J connectivity index is 1.37. The van der Waals surface area contributed by atoms with E-state index in [2.05, 4.69) is 35.2 Å². The summed E-state index contributed by atoms with van der Waals surface area (Å²) in [5.74, 6) is 0.417. The number of carbonyl (C=O) groups is 1. The molecule has 9 nitrogen and oxygen atoms in total. The van der Waals surface area contributed by atoms with Crippen molar-refractivity contribution in [3.05, 3.63) is 54.9 Å². The van der Waals surface area contributed by atoms with E-state index in [1.807, 2.05) is 6.07 Å². The summed E-state index contributed by atoms with van der Waals surface area (Å²) < 4.78 is 55.4. The molecule has 1 aliphatic heterocycles. The van der Waals surface area contributed by atoms with Crippen LogP contribution in [0.25, 0.3) is 11.3 Å². The molecule has 1 saturated heterocycles. The zero-order chi connectivity index (χ0) is 26.3. The lowest BCUT2D eigenvalue weighted by Gasteiger charge is -2.32. The third-order valence-electron chi connectivity index (χ3n) is 5.60. The molecule has 1 aromatic carbocycles. The Morgan fingerprint density at radius 3 is 2.59 bits per heavy atom. The third kappa shape index (κ3) is 7.26. The predicted molar refractivity (Wildman–Crippen MR) is 129 cm³/mol. The lowest BCUT2D eigenvalue weighted by Crippen LogP contribution is -2.46. The lowest BCUT2D eigenvalue weighted by molar-refractivity contribution is -0.253. The predicted octanol–water partition coefficient (Wildman–Crippen LogP) is 3.70. The smallest absolute Gasteiger partial charge is 0.428 e. The summed E-state index contributed by atoms with van der Waals surface area (Å²) in [6, 6.07) is 10.6. The molecule has 2 aromatic heterocycles. The summed E-state index contributed by atoms with van der Waals surface area (Å²) in [7, 11) is 0. The molecule has 1 amide bonds. The molecule has 0 radical (unpaired) electrons. The van der Waals surface area contributed by atoms with Crippen molar-refractivity contribution in [2.24, 2.45) is 0 Å². The van der Waals surface area contributed by atoms with Gasteiger partial charge in [-0.15, -0.1) is 0 Å². The fraction of sp³-hybridized carbons (Fsp3) is 0.333. The second-order valence-corrected chi connectivity index (χ2v) is 8.22. The van der Waals surface area contributed by atoms with Gasteiger partial charge in [0.1, 0.15) is 11.6 Å². The van der Waals surface area contributed by atoms with E-state index in [4.69, 9.17) is 0 Å². The zero-order valence-corrected chi connectivity index (χ0v) is 19.7. The number of carbonyl (C=O) groups excluding carboxylic acids is 1. The molecule has 0 saturated carbocycles. The Bertz CT molecular complexity index is 1190. The van der Waals surface area contributed by atoms with Gasteiger partial charge in [-0.1, -0.05) is 6.07 Å². The van der Waals surface area contributed by atoms with Gasteiger partial charge in [-0.3, -0.25) is 9.69 Å². The first-order chi connectivity index (χ1) is 17.8. The average molecular weight is 520 g/mol. The summed E-state index contributed by atoms with van der Waals surface area (Å²) in [5, 5.41) is 6.16. The molecular weight excluding hydrogens is 494 g/mol. The van der Waals surface area contributed by atoms with Crippen LogP contribution < -0.4 is 15.4 Å². The van der Waals surface area contributed by atoms with Crippen LogP contribution in [-0.4, -0.2) is 83.0 Å². The third-order valence-corrected chi connectivity index (χ3v) is 5.60. The van der Waals surface area contributed by atoms with E-state index in [-0.39, 0.29) is 11.6 Å². The minimum atomic E-state index is -4.60. The van der Waals surface area contributed by atoms with Crippen LogP contribution in [0.2, 0.25) is 0 Å². The normalized spacial score (nSPS) is 14.5. The van der Waals surface area contributed by atoms with E-state index >= 15 is 0 Å². The van der Waals surface area contributed by atoms with E-state index in [1.165, 1.54) is 18.3 Å². The van der Waals surface area contributed by atoms with Crippen molar-refractivity contribution in [1.82, 2.24) is 24.8 Å². The summed E-state index contributed by atoms with van der Waals surface area (Å²) in [4.78, 5) is 27.8. The van der Waals surface area contributed by atoms with Crippen LogP contribution >= 0.6 is 0 Å². The highest BCUT2D eigenvalue weighted by Gasteiger charge is 2.44. The molecule has 0 atom stereocenters. The van der Waals surface area contributed by atoms with Gasteiger partial charge in [-0.25, -0.2) is 15.0 Å². The van der Waals surface area contributed by atoms with Gasteiger partial charge in [0.15, 0.2) is 0 Å². The number of aromatic nitrogens is 3. The van der Waals surface area contributed by atoms with E-state index in [9.17, 15) is 22.4 Å². The molecule has 196 valence electrons. The van der Waals surface area contributed by atoms with Crippen molar-refractivity contribution < 1.29 is 27.1 Å². The van der Waals surface area contributed by atoms with Gasteiger partial charge < -0.3 is 20.3 Å². The van der Waals surface area contributed by atoms with Crippen LogP contribution in [0.3, 0.4) is 0 Å². The fourth-order valence-corrected chi connectivity index (χ4v) is 3.67. The standard InChI is InChI=1S/C24H25F4N7O2/c25-22(26)24(27,28)37-19-3-1-2-18(15-19)32-23-31-7-5-20(33-23)17-4-6-29-21(14-17)30-8-9-34-10-12-35(16-36)13-11-34/h1-7,14-16,22H,8-13H2,(H,29,30)(H,31,32,33). The molecular formula is C24H25F4N7O2. The molecule has 37 heavy (non-hydrogen) atoms. The molecule has 3 aromatic rings. The number of amides is 1. The monoisotopic (exact) mass is 519 g/mol. The number of alkyl halides is 4. The maximum absolute atomic E-state index is 13.2. The first kappa shape index (κ1) is 26.1. The van der Waals surface area contributed by atoms with Gasteiger partial charge in [0.2, 0.25) is 12.4 Å². The highest BCUT2D eigenvalue weighted by atomic mass is 19.3. The molecule has 4 rings (SSSR count). The first-order valence-corrected chi connectivity index (χ1v) is 11.5. The number of ether oxygens (including phenoxy) is 1. The number of anilines is 3. The SMILES string of the molecule is O=CN1CCN(CCNc2cc(-c3ccnc(Nc4cccc(OC(F)(F)C(F)F)c4)n3)ccn2)CC1. The van der Waals surface area contributed by atoms with Crippen LogP contribution in [0.15, 0.2) is 54.9 Å². The van der Waals surface area contributed by atoms with E-state index in [1.54, 1.807) is 23.2 Å². The second kappa shape index (κ2) is 11.8. The summed E-state index contributed by atoms with van der Waals surface area (Å²) in [5.41, 5.74) is 1.64. The van der Waals surface area contributed by atoms with Gasteiger partial charge in [0.25, 0.3) is 0 Å². The maximum Gasteiger partial charge on any atom is 0.461 e. The number of hydrogen-bond donors (Lipinski definition) is 2. The quantitative estimate of drug-likeness (QED) is 0.293. The first-order valence-electron chi connectivity index (χ1n) is 11.5. The number of halogens is 4. The Morgan fingerprint density at radius 1 is 1.05 bits per heavy atom. The van der Waals surface area contributed by atoms with Crippen molar-refractivity contribution in [2.45, 2.75) is 12.5 Å². The number of hydrogen-bond acceptors (Lipinski definition) is 8. The van der Waals surface area contributed by atoms with Gasteiger partial charge >= 0.3 is 12.5 Å². The Morgan fingerprint density at radius 2 is 1.84 bits per heavy atom. The molecule has 1 aliphatic rings. The number of benzene rings is 1. The van der Waals surface area contributed by atoms with E-state index in [0.717, 1.165) is 56.8 Å². The van der Waals surface area contributed by atoms with Crippen molar-refractivity contribution in [3.63, 3.8) is 0 Å². The molecule has 1 fully saturated rings. The van der Waals surface area contributed by atoms with Crippen LogP contribution in [0, 0.1) is 0 Å². The molecule has 2 N–H and O–H groups in total. The maximum atomic E-state index is 13.2. The molecule has 0 unspecified atom stereocenters. The van der Waals surface area contributed by atoms with Crippen LogP contribution in [0.4, 0.5) is 35.0 Å². The molecule has 0 spiro atoms.